The number of benzene rings is 1. The molecule has 2 nitrogen and oxygen atoms in total. The van der Waals surface area contributed by atoms with Crippen LogP contribution in [0.3, 0.4) is 0 Å². The van der Waals surface area contributed by atoms with Crippen molar-refractivity contribution in [1.29, 1.82) is 0 Å². The molecule has 0 aliphatic heterocycles. The molecule has 2 aromatic rings. The Labute approximate surface area is 107 Å². The molecule has 1 N–H and O–H groups in total. The minimum atomic E-state index is -0.323. The number of hydrogen-bond donors (Lipinski definition) is 1. The zero-order valence-corrected chi connectivity index (χ0v) is 10.9. The van der Waals surface area contributed by atoms with Crippen molar-refractivity contribution in [3.05, 3.63) is 52.8 Å². The summed E-state index contributed by atoms with van der Waals surface area (Å²) < 4.78 is 13.9. The molecule has 2 rings (SSSR count). The maximum absolute atomic E-state index is 13.9. The maximum atomic E-state index is 13.9. The predicted octanol–water partition coefficient (Wildman–Crippen LogP) is 4.31. The Bertz CT molecular complexity index is 550. The van der Waals surface area contributed by atoms with E-state index in [0.29, 0.717) is 11.6 Å². The van der Waals surface area contributed by atoms with Crippen LogP contribution in [-0.4, -0.2) is 10.2 Å². The van der Waals surface area contributed by atoms with Gasteiger partial charge in [-0.15, -0.1) is 0 Å². The average molecular weight is 244 g/mol. The van der Waals surface area contributed by atoms with E-state index in [1.54, 1.807) is 6.07 Å². The molecule has 0 fully saturated rings. The Morgan fingerprint density at radius 1 is 1.28 bits per heavy atom. The average Bonchev–Trinajstić information content (AvgIpc) is 2.76. The second kappa shape index (κ2) is 5.17. The molecule has 0 atom stereocenters. The van der Waals surface area contributed by atoms with Crippen LogP contribution in [0.5, 0.6) is 0 Å². The molecular formula is C15H17FN2. The van der Waals surface area contributed by atoms with Gasteiger partial charge in [0.15, 0.2) is 5.83 Å². The minimum Gasteiger partial charge on any atom is -0.282 e. The number of nitrogens with zero attached hydrogens (tertiary/aromatic N) is 1. The highest BCUT2D eigenvalue weighted by Crippen LogP contribution is 2.20. The molecule has 0 radical (unpaired) electrons. The molecule has 0 unspecified atom stereocenters. The second-order valence-corrected chi connectivity index (χ2v) is 4.75. The lowest BCUT2D eigenvalue weighted by Crippen LogP contribution is -1.86. The molecule has 1 aromatic heterocycles. The molecule has 94 valence electrons. The Morgan fingerprint density at radius 2 is 1.94 bits per heavy atom. The van der Waals surface area contributed by atoms with Gasteiger partial charge in [0.05, 0.1) is 0 Å². The molecule has 0 amide bonds. The van der Waals surface area contributed by atoms with Crippen molar-refractivity contribution in [2.75, 3.05) is 0 Å². The van der Waals surface area contributed by atoms with Crippen LogP contribution >= 0.6 is 0 Å². The number of H-pyrrole nitrogens is 1. The molecule has 0 bridgehead atoms. The summed E-state index contributed by atoms with van der Waals surface area (Å²) in [6.45, 7) is 6.12. The molecule has 3 heteroatoms. The smallest absolute Gasteiger partial charge is 0.151 e. The van der Waals surface area contributed by atoms with Crippen LogP contribution < -0.4 is 0 Å². The topological polar surface area (TPSA) is 28.7 Å². The molecule has 18 heavy (non-hydrogen) atoms. The van der Waals surface area contributed by atoms with Gasteiger partial charge in [0, 0.05) is 5.69 Å². The van der Waals surface area contributed by atoms with E-state index in [1.807, 2.05) is 31.2 Å². The van der Waals surface area contributed by atoms with E-state index in [9.17, 15) is 4.39 Å². The van der Waals surface area contributed by atoms with Gasteiger partial charge >= 0.3 is 0 Å². The maximum Gasteiger partial charge on any atom is 0.151 e. The molecule has 0 aliphatic carbocycles. The van der Waals surface area contributed by atoms with E-state index in [1.165, 1.54) is 11.6 Å². The standard InChI is InChI=1S/C15H17FN2/c1-10(2)13-6-4-12(5-7-13)9-14(16)15-8-11(3)17-18-15/h4-10H,1-3H3,(H,17,18)/b14-9-. The number of hydrogen-bond acceptors (Lipinski definition) is 1. The highest BCUT2D eigenvalue weighted by molar-refractivity contribution is 5.75. The lowest BCUT2D eigenvalue weighted by Gasteiger charge is -2.04. The number of aromatic amines is 1. The van der Waals surface area contributed by atoms with Gasteiger partial charge in [0.1, 0.15) is 5.69 Å². The summed E-state index contributed by atoms with van der Waals surface area (Å²) in [6, 6.07) is 9.59. The number of nitrogens with one attached hydrogen (secondary N) is 1. The summed E-state index contributed by atoms with van der Waals surface area (Å²) in [7, 11) is 0. The van der Waals surface area contributed by atoms with E-state index < -0.39 is 0 Å². The Hall–Kier alpha value is -1.90. The van der Waals surface area contributed by atoms with Crippen LogP contribution in [0, 0.1) is 6.92 Å². The zero-order valence-electron chi connectivity index (χ0n) is 10.9. The van der Waals surface area contributed by atoms with E-state index in [2.05, 4.69) is 24.0 Å². The van der Waals surface area contributed by atoms with Crippen molar-refractivity contribution < 1.29 is 4.39 Å². The van der Waals surface area contributed by atoms with E-state index in [0.717, 1.165) is 11.3 Å². The van der Waals surface area contributed by atoms with Gasteiger partial charge in [0.2, 0.25) is 0 Å². The summed E-state index contributed by atoms with van der Waals surface area (Å²) in [6.07, 6.45) is 1.50. The Morgan fingerprint density at radius 3 is 2.44 bits per heavy atom. The predicted molar refractivity (Wildman–Crippen MR) is 72.8 cm³/mol. The number of aryl methyl sites for hydroxylation is 1. The van der Waals surface area contributed by atoms with Crippen molar-refractivity contribution in [3.8, 4) is 0 Å². The first kappa shape index (κ1) is 12.6. The monoisotopic (exact) mass is 244 g/mol. The van der Waals surface area contributed by atoms with Crippen LogP contribution in [0.25, 0.3) is 11.9 Å². The van der Waals surface area contributed by atoms with E-state index in [4.69, 9.17) is 0 Å². The first-order valence-corrected chi connectivity index (χ1v) is 6.06. The Balaban J connectivity index is 2.22. The summed E-state index contributed by atoms with van der Waals surface area (Å²) in [5.74, 6) is 0.165. The third-order valence-corrected chi connectivity index (χ3v) is 2.85. The van der Waals surface area contributed by atoms with Gasteiger partial charge in [-0.25, -0.2) is 4.39 Å². The van der Waals surface area contributed by atoms with Crippen molar-refractivity contribution >= 4 is 11.9 Å². The lowest BCUT2D eigenvalue weighted by molar-refractivity contribution is 0.756. The third-order valence-electron chi connectivity index (χ3n) is 2.85. The molecule has 1 heterocycles. The lowest BCUT2D eigenvalue weighted by atomic mass is 10.0. The summed E-state index contributed by atoms with van der Waals surface area (Å²) in [4.78, 5) is 0. The van der Waals surface area contributed by atoms with Crippen LogP contribution in [-0.2, 0) is 0 Å². The van der Waals surface area contributed by atoms with Gasteiger partial charge in [-0.2, -0.15) is 5.10 Å². The molecule has 0 aliphatic rings. The third kappa shape index (κ3) is 2.86. The molecule has 1 aromatic carbocycles. The fourth-order valence-electron chi connectivity index (χ4n) is 1.74. The van der Waals surface area contributed by atoms with Gasteiger partial charge in [-0.3, -0.25) is 5.10 Å². The zero-order chi connectivity index (χ0) is 13.1. The van der Waals surface area contributed by atoms with Crippen LogP contribution in [0.1, 0.15) is 42.3 Å². The summed E-state index contributed by atoms with van der Waals surface area (Å²) >= 11 is 0. The van der Waals surface area contributed by atoms with Crippen molar-refractivity contribution in [3.63, 3.8) is 0 Å². The molecule has 0 spiro atoms. The largest absolute Gasteiger partial charge is 0.282 e. The van der Waals surface area contributed by atoms with Gasteiger partial charge in [0.25, 0.3) is 0 Å². The minimum absolute atomic E-state index is 0.323. The summed E-state index contributed by atoms with van der Waals surface area (Å²) in [5.41, 5.74) is 3.30. The fourth-order valence-corrected chi connectivity index (χ4v) is 1.74. The highest BCUT2D eigenvalue weighted by atomic mass is 19.1. The van der Waals surface area contributed by atoms with Crippen molar-refractivity contribution in [1.82, 2.24) is 10.2 Å². The number of halogens is 1. The summed E-state index contributed by atoms with van der Waals surface area (Å²) in [5, 5.41) is 6.62. The molecular weight excluding hydrogens is 227 g/mol. The molecule has 0 saturated heterocycles. The van der Waals surface area contributed by atoms with Gasteiger partial charge in [-0.05, 0) is 36.1 Å². The Kier molecular flexibility index (Phi) is 3.60. The van der Waals surface area contributed by atoms with E-state index in [-0.39, 0.29) is 5.83 Å². The molecule has 0 saturated carbocycles. The van der Waals surface area contributed by atoms with Crippen molar-refractivity contribution in [2.45, 2.75) is 26.7 Å². The van der Waals surface area contributed by atoms with Crippen LogP contribution in [0.15, 0.2) is 30.3 Å². The number of aromatic nitrogens is 2. The van der Waals surface area contributed by atoms with Crippen molar-refractivity contribution in [2.24, 2.45) is 0 Å². The fraction of sp³-hybridized carbons (Fsp3) is 0.267. The van der Waals surface area contributed by atoms with Gasteiger partial charge < -0.3 is 0 Å². The first-order valence-electron chi connectivity index (χ1n) is 6.06. The van der Waals surface area contributed by atoms with E-state index >= 15 is 0 Å². The quantitative estimate of drug-likeness (QED) is 0.856. The second-order valence-electron chi connectivity index (χ2n) is 4.75. The highest BCUT2D eigenvalue weighted by Gasteiger charge is 2.04. The van der Waals surface area contributed by atoms with Crippen LogP contribution in [0.2, 0.25) is 0 Å². The first-order chi connectivity index (χ1) is 8.56. The van der Waals surface area contributed by atoms with Gasteiger partial charge in [-0.1, -0.05) is 38.1 Å². The SMILES string of the molecule is Cc1cc(/C(F)=C/c2ccc(C(C)C)cc2)n[nH]1. The number of rotatable bonds is 3. The normalized spacial score (nSPS) is 12.2. The van der Waals surface area contributed by atoms with Crippen LogP contribution in [0.4, 0.5) is 4.39 Å².